The summed E-state index contributed by atoms with van der Waals surface area (Å²) >= 11 is 0. The fourth-order valence-corrected chi connectivity index (χ4v) is 5.71. The minimum atomic E-state index is -0.829. The van der Waals surface area contributed by atoms with Crippen molar-refractivity contribution in [2.75, 3.05) is 26.2 Å². The number of nitrogens with one attached hydrogen (secondary N) is 1. The normalized spacial score (nSPS) is 21.6. The smallest absolute Gasteiger partial charge is 0.307 e. The molecule has 0 aromatic heterocycles. The van der Waals surface area contributed by atoms with Crippen LogP contribution in [0.2, 0.25) is 0 Å². The summed E-state index contributed by atoms with van der Waals surface area (Å²) in [6, 6.07) is 0. The zero-order chi connectivity index (χ0) is 31.6. The van der Waals surface area contributed by atoms with Gasteiger partial charge in [-0.25, -0.2) is 0 Å². The third-order valence-corrected chi connectivity index (χ3v) is 8.45. The Hall–Kier alpha value is -1.93. The van der Waals surface area contributed by atoms with Gasteiger partial charge >= 0.3 is 5.97 Å². The molecular formula is C35H62N2O6. The third kappa shape index (κ3) is 15.6. The van der Waals surface area contributed by atoms with Gasteiger partial charge < -0.3 is 24.4 Å². The van der Waals surface area contributed by atoms with Gasteiger partial charge in [-0.15, -0.1) is 0 Å². The molecule has 2 saturated heterocycles. The standard InChI is InChI=1S/C35H62N2O6/c1-6-7-8-9-10-11-12-13-14-15-16-17-18-19-20-23-30(38)37-26-21-22-29(27-37)42-31(39)24-25-36-33(40)32-34(2,3)28-41-35(4,5)43-32/h13-14,29,32H,6-12,15-28H2,1-5H3,(H,36,40)/b14-13-. The quantitative estimate of drug-likeness (QED) is 0.0892. The fraction of sp³-hybridized carbons (Fsp3) is 0.857. The highest BCUT2D eigenvalue weighted by Crippen LogP contribution is 2.34. The van der Waals surface area contributed by atoms with Crippen LogP contribution in [0.1, 0.15) is 144 Å². The average molecular weight is 607 g/mol. The minimum absolute atomic E-state index is 0.0815. The SMILES string of the molecule is CCCCCCCC/C=C\CCCCCCCC(=O)N1CCCC(OC(=O)CCNC(=O)C2OC(C)(C)OCC2(C)C)C1. The van der Waals surface area contributed by atoms with Crippen LogP contribution in [0.25, 0.3) is 0 Å². The Labute approximate surface area is 262 Å². The molecule has 0 aliphatic carbocycles. The van der Waals surface area contributed by atoms with Gasteiger partial charge in [0.15, 0.2) is 5.79 Å². The molecule has 8 heteroatoms. The van der Waals surface area contributed by atoms with Crippen molar-refractivity contribution < 1.29 is 28.6 Å². The van der Waals surface area contributed by atoms with E-state index < -0.39 is 17.3 Å². The van der Waals surface area contributed by atoms with Crippen molar-refractivity contribution in [2.24, 2.45) is 5.41 Å². The van der Waals surface area contributed by atoms with E-state index in [1.54, 1.807) is 13.8 Å². The number of hydrogen-bond acceptors (Lipinski definition) is 6. The van der Waals surface area contributed by atoms with E-state index >= 15 is 0 Å². The van der Waals surface area contributed by atoms with E-state index in [-0.39, 0.29) is 36.9 Å². The molecule has 2 aliphatic heterocycles. The number of allylic oxidation sites excluding steroid dienone is 2. The summed E-state index contributed by atoms with van der Waals surface area (Å²) < 4.78 is 17.2. The van der Waals surface area contributed by atoms with E-state index in [9.17, 15) is 14.4 Å². The molecule has 8 nitrogen and oxygen atoms in total. The number of hydrogen-bond donors (Lipinski definition) is 1. The highest BCUT2D eigenvalue weighted by atomic mass is 16.7. The van der Waals surface area contributed by atoms with E-state index in [2.05, 4.69) is 24.4 Å². The summed E-state index contributed by atoms with van der Waals surface area (Å²) in [7, 11) is 0. The van der Waals surface area contributed by atoms with Gasteiger partial charge in [0.05, 0.1) is 19.6 Å². The Morgan fingerprint density at radius 1 is 0.884 bits per heavy atom. The molecule has 2 aliphatic rings. The van der Waals surface area contributed by atoms with Gasteiger partial charge in [0.25, 0.3) is 0 Å². The van der Waals surface area contributed by atoms with Gasteiger partial charge in [0, 0.05) is 24.9 Å². The number of amides is 2. The lowest BCUT2D eigenvalue weighted by Crippen LogP contribution is -2.56. The topological polar surface area (TPSA) is 94.2 Å². The molecule has 2 unspecified atom stereocenters. The summed E-state index contributed by atoms with van der Waals surface area (Å²) in [5, 5.41) is 2.81. The highest BCUT2D eigenvalue weighted by Gasteiger charge is 2.45. The van der Waals surface area contributed by atoms with Crippen LogP contribution >= 0.6 is 0 Å². The maximum atomic E-state index is 12.8. The lowest BCUT2D eigenvalue weighted by atomic mass is 9.85. The van der Waals surface area contributed by atoms with Gasteiger partial charge in [0.1, 0.15) is 12.2 Å². The second-order valence-electron chi connectivity index (χ2n) is 13.6. The first-order valence-corrected chi connectivity index (χ1v) is 17.3. The number of likely N-dealkylation sites (tertiary alicyclic amines) is 1. The number of rotatable bonds is 20. The van der Waals surface area contributed by atoms with E-state index in [4.69, 9.17) is 14.2 Å². The molecule has 0 saturated carbocycles. The Balaban J connectivity index is 1.52. The third-order valence-electron chi connectivity index (χ3n) is 8.45. The van der Waals surface area contributed by atoms with Crippen molar-refractivity contribution >= 4 is 17.8 Å². The molecule has 0 radical (unpaired) electrons. The molecule has 1 N–H and O–H groups in total. The summed E-state index contributed by atoms with van der Waals surface area (Å²) in [5.74, 6) is -1.28. The second-order valence-corrected chi connectivity index (χ2v) is 13.6. The Morgan fingerprint density at radius 2 is 1.51 bits per heavy atom. The van der Waals surface area contributed by atoms with Crippen LogP contribution in [-0.2, 0) is 28.6 Å². The molecule has 248 valence electrons. The summed E-state index contributed by atoms with van der Waals surface area (Å²) in [5.41, 5.74) is -0.470. The number of unbranched alkanes of at least 4 members (excludes halogenated alkanes) is 11. The molecule has 2 amide bonds. The second kappa shape index (κ2) is 20.2. The van der Waals surface area contributed by atoms with Gasteiger partial charge in [-0.3, -0.25) is 14.4 Å². The van der Waals surface area contributed by atoms with E-state index in [0.29, 0.717) is 19.6 Å². The predicted octanol–water partition coefficient (Wildman–Crippen LogP) is 7.24. The average Bonchev–Trinajstić information content (AvgIpc) is 2.96. The molecule has 2 fully saturated rings. The maximum absolute atomic E-state index is 12.8. The zero-order valence-corrected chi connectivity index (χ0v) is 28.1. The Kier molecular flexibility index (Phi) is 17.5. The molecule has 43 heavy (non-hydrogen) atoms. The number of ether oxygens (including phenoxy) is 3. The fourth-order valence-electron chi connectivity index (χ4n) is 5.71. The predicted molar refractivity (Wildman–Crippen MR) is 171 cm³/mol. The Morgan fingerprint density at radius 3 is 2.19 bits per heavy atom. The maximum Gasteiger partial charge on any atom is 0.307 e. The lowest BCUT2D eigenvalue weighted by Gasteiger charge is -2.44. The molecular weight excluding hydrogens is 544 g/mol. The van der Waals surface area contributed by atoms with E-state index in [0.717, 1.165) is 38.6 Å². The zero-order valence-electron chi connectivity index (χ0n) is 28.1. The first kappa shape index (κ1) is 37.3. The first-order valence-electron chi connectivity index (χ1n) is 17.3. The van der Waals surface area contributed by atoms with Crippen molar-refractivity contribution in [3.05, 3.63) is 12.2 Å². The van der Waals surface area contributed by atoms with Crippen molar-refractivity contribution in [2.45, 2.75) is 162 Å². The number of nitrogens with zero attached hydrogens (tertiary/aromatic N) is 1. The van der Waals surface area contributed by atoms with Crippen LogP contribution in [0.5, 0.6) is 0 Å². The largest absolute Gasteiger partial charge is 0.460 e. The number of carbonyl (C=O) groups is 3. The van der Waals surface area contributed by atoms with Crippen LogP contribution in [0.15, 0.2) is 12.2 Å². The molecule has 2 rings (SSSR count). The van der Waals surface area contributed by atoms with Gasteiger partial charge in [0.2, 0.25) is 11.8 Å². The molecule has 0 aromatic carbocycles. The van der Waals surface area contributed by atoms with Crippen LogP contribution in [0.4, 0.5) is 0 Å². The van der Waals surface area contributed by atoms with Gasteiger partial charge in [-0.05, 0) is 58.8 Å². The summed E-state index contributed by atoms with van der Waals surface area (Å²) in [4.78, 5) is 39.8. The first-order chi connectivity index (χ1) is 20.5. The van der Waals surface area contributed by atoms with Crippen LogP contribution in [0.3, 0.4) is 0 Å². The van der Waals surface area contributed by atoms with Gasteiger partial charge in [-0.2, -0.15) is 0 Å². The van der Waals surface area contributed by atoms with Crippen molar-refractivity contribution in [1.82, 2.24) is 10.2 Å². The summed E-state index contributed by atoms with van der Waals surface area (Å²) in [6.07, 6.45) is 22.1. The minimum Gasteiger partial charge on any atom is -0.460 e. The van der Waals surface area contributed by atoms with Gasteiger partial charge in [-0.1, -0.05) is 84.3 Å². The molecule has 2 heterocycles. The summed E-state index contributed by atoms with van der Waals surface area (Å²) in [6.45, 7) is 11.5. The van der Waals surface area contributed by atoms with Crippen LogP contribution in [0, 0.1) is 5.41 Å². The van der Waals surface area contributed by atoms with Crippen molar-refractivity contribution in [3.8, 4) is 0 Å². The van der Waals surface area contributed by atoms with E-state index in [1.165, 1.54) is 64.2 Å². The molecule has 2 atom stereocenters. The van der Waals surface area contributed by atoms with Crippen LogP contribution < -0.4 is 5.32 Å². The number of carbonyl (C=O) groups excluding carboxylic acids is 3. The van der Waals surface area contributed by atoms with E-state index in [1.807, 2.05) is 18.7 Å². The number of esters is 1. The van der Waals surface area contributed by atoms with Crippen molar-refractivity contribution in [3.63, 3.8) is 0 Å². The molecule has 0 bridgehead atoms. The van der Waals surface area contributed by atoms with Crippen molar-refractivity contribution in [1.29, 1.82) is 0 Å². The Bertz CT molecular complexity index is 855. The van der Waals surface area contributed by atoms with Crippen LogP contribution in [-0.4, -0.2) is 66.9 Å². The highest BCUT2D eigenvalue weighted by molar-refractivity contribution is 5.82. The lowest BCUT2D eigenvalue weighted by molar-refractivity contribution is -0.304. The molecule has 0 aromatic rings. The molecule has 0 spiro atoms. The monoisotopic (exact) mass is 606 g/mol. The number of piperidine rings is 1.